The number of carboxylic acids is 1. The first-order chi connectivity index (χ1) is 22.0. The summed E-state index contributed by atoms with van der Waals surface area (Å²) in [6, 6.07) is 8.54. The van der Waals surface area contributed by atoms with E-state index in [4.69, 9.17) is 0 Å². The molecule has 0 unspecified atom stereocenters. The predicted octanol–water partition coefficient (Wildman–Crippen LogP) is 9.47. The molecule has 1 aromatic carbocycles. The first kappa shape index (κ1) is 34.7. The number of carboxylic acid groups (broad SMARTS) is 1. The van der Waals surface area contributed by atoms with Crippen molar-refractivity contribution < 1.29 is 14.7 Å². The van der Waals surface area contributed by atoms with Gasteiger partial charge in [0.2, 0.25) is 5.91 Å². The van der Waals surface area contributed by atoms with E-state index < -0.39 is 5.97 Å². The van der Waals surface area contributed by atoms with Crippen LogP contribution in [0.5, 0.6) is 0 Å². The minimum absolute atomic E-state index is 0.0167. The number of carbonyl (C=O) groups excluding carboxylic acids is 1. The van der Waals surface area contributed by atoms with Crippen molar-refractivity contribution in [1.29, 1.82) is 0 Å². The van der Waals surface area contributed by atoms with Crippen molar-refractivity contribution in [2.75, 3.05) is 13.1 Å². The number of nitrogens with one attached hydrogen (secondary N) is 1. The van der Waals surface area contributed by atoms with Crippen molar-refractivity contribution in [1.82, 2.24) is 10.2 Å². The minimum Gasteiger partial charge on any atom is -0.478 e. The molecule has 5 aliphatic rings. The molecule has 0 aromatic heterocycles. The number of fused-ring (bicyclic) bond motifs is 7. The van der Waals surface area contributed by atoms with Crippen molar-refractivity contribution >= 4 is 17.4 Å². The lowest BCUT2D eigenvalue weighted by molar-refractivity contribution is -0.222. The van der Waals surface area contributed by atoms with Crippen molar-refractivity contribution in [3.63, 3.8) is 0 Å². The summed E-state index contributed by atoms with van der Waals surface area (Å²) in [5.74, 6) is 1.89. The van der Waals surface area contributed by atoms with E-state index in [0.29, 0.717) is 47.2 Å². The molecule has 1 amide bonds. The fourth-order valence-electron chi connectivity index (χ4n) is 13.4. The van der Waals surface area contributed by atoms with E-state index >= 15 is 0 Å². The lowest BCUT2D eigenvalue weighted by Gasteiger charge is -2.72. The number of nitrogens with zero attached hydrogens (tertiary/aromatic N) is 1. The fraction of sp³-hybridized carbons (Fsp3) is 0.762. The van der Waals surface area contributed by atoms with Crippen LogP contribution in [0.1, 0.15) is 142 Å². The van der Waals surface area contributed by atoms with E-state index in [0.717, 1.165) is 32.4 Å². The number of aromatic carboxylic acids is 1. The summed E-state index contributed by atoms with van der Waals surface area (Å²) in [7, 11) is 0. The van der Waals surface area contributed by atoms with Gasteiger partial charge in [-0.2, -0.15) is 0 Å². The van der Waals surface area contributed by atoms with Crippen molar-refractivity contribution in [2.24, 2.45) is 50.7 Å². The number of carbonyl (C=O) groups is 2. The van der Waals surface area contributed by atoms with Gasteiger partial charge < -0.3 is 10.4 Å². The van der Waals surface area contributed by atoms with E-state index in [1.807, 2.05) is 12.1 Å². The predicted molar refractivity (Wildman–Crippen MR) is 192 cm³/mol. The Morgan fingerprint density at radius 1 is 0.830 bits per heavy atom. The molecule has 0 heterocycles. The Morgan fingerprint density at radius 3 is 2.15 bits per heavy atom. The zero-order valence-corrected chi connectivity index (χ0v) is 31.0. The van der Waals surface area contributed by atoms with E-state index in [-0.39, 0.29) is 27.1 Å². The third-order valence-corrected chi connectivity index (χ3v) is 15.8. The van der Waals surface area contributed by atoms with Crippen molar-refractivity contribution in [2.45, 2.75) is 139 Å². The van der Waals surface area contributed by atoms with Crippen molar-refractivity contribution in [3.8, 4) is 0 Å². The minimum atomic E-state index is -0.866. The highest BCUT2D eigenvalue weighted by atomic mass is 16.4. The van der Waals surface area contributed by atoms with Crippen LogP contribution in [-0.2, 0) is 4.79 Å². The van der Waals surface area contributed by atoms with Gasteiger partial charge in [0.25, 0.3) is 0 Å². The number of allylic oxidation sites excluding steroid dienone is 2. The standard InChI is InChI=1S/C42H64N2O3/c1-27(2)44(28(3)4)26-25-43-37(47)42-20-10-11-33(42)32-16-17-35-39(7)21-18-31(29-12-14-30(15-13-29)36(45)46)38(5,6)34(39)19-22-41(35,9)40(32,8)23-24-42/h12-15,18,27-28,32-35H,10-11,16-17,19-26H2,1-9H3,(H,43,47)(H,45,46)/t32-,33-,34+,35-,39+,40-,41-,42+/m1/s1. The van der Waals surface area contributed by atoms with Crippen LogP contribution in [0.3, 0.4) is 0 Å². The van der Waals surface area contributed by atoms with Gasteiger partial charge in [-0.1, -0.05) is 59.2 Å². The molecule has 4 fully saturated rings. The van der Waals surface area contributed by atoms with Gasteiger partial charge in [-0.3, -0.25) is 9.69 Å². The first-order valence-corrected chi connectivity index (χ1v) is 19.1. The number of rotatable bonds is 8. The summed E-state index contributed by atoms with van der Waals surface area (Å²) in [4.78, 5) is 28.2. The van der Waals surface area contributed by atoms with Crippen LogP contribution in [-0.4, -0.2) is 47.1 Å². The molecule has 2 N–H and O–H groups in total. The molecule has 0 saturated heterocycles. The van der Waals surface area contributed by atoms with Gasteiger partial charge in [0.15, 0.2) is 0 Å². The van der Waals surface area contributed by atoms with Crippen LogP contribution >= 0.6 is 0 Å². The smallest absolute Gasteiger partial charge is 0.335 e. The average molecular weight is 645 g/mol. The van der Waals surface area contributed by atoms with Gasteiger partial charge in [0, 0.05) is 25.2 Å². The van der Waals surface area contributed by atoms with E-state index in [1.165, 1.54) is 56.1 Å². The summed E-state index contributed by atoms with van der Waals surface area (Å²) in [6.07, 6.45) is 14.4. The van der Waals surface area contributed by atoms with E-state index in [2.05, 4.69) is 78.6 Å². The number of benzene rings is 1. The molecule has 0 aliphatic heterocycles. The zero-order valence-electron chi connectivity index (χ0n) is 31.0. The van der Waals surface area contributed by atoms with Crippen LogP contribution in [0.2, 0.25) is 0 Å². The molecule has 5 aliphatic carbocycles. The normalized spacial score (nSPS) is 39.1. The second-order valence-electron chi connectivity index (χ2n) is 18.4. The second-order valence-corrected chi connectivity index (χ2v) is 18.4. The lowest BCUT2D eigenvalue weighted by atomic mass is 9.32. The SMILES string of the molecule is CC(C)N(CCNC(=O)[C@]12CCC[C@@H]1[C@H]1CC[C@@H]3[C@@]4(C)CC=C(c5ccc(C(=O)O)cc5)C(C)(C)[C@@H]4CC[C@@]3(C)[C@]1(C)CC2)C(C)C. The Bertz CT molecular complexity index is 1390. The lowest BCUT2D eigenvalue weighted by Crippen LogP contribution is -2.66. The van der Waals surface area contributed by atoms with Crippen molar-refractivity contribution in [3.05, 3.63) is 41.5 Å². The highest BCUT2D eigenvalue weighted by Gasteiger charge is 2.70. The maximum Gasteiger partial charge on any atom is 0.335 e. The van der Waals surface area contributed by atoms with Gasteiger partial charge in [-0.25, -0.2) is 4.79 Å². The third kappa shape index (κ3) is 5.18. The third-order valence-electron chi connectivity index (χ3n) is 15.8. The summed E-state index contributed by atoms with van der Waals surface area (Å²) < 4.78 is 0. The zero-order chi connectivity index (χ0) is 34.2. The quantitative estimate of drug-likeness (QED) is 0.296. The number of hydrogen-bond donors (Lipinski definition) is 2. The Balaban J connectivity index is 1.23. The molecule has 260 valence electrons. The topological polar surface area (TPSA) is 69.6 Å². The van der Waals surface area contributed by atoms with Gasteiger partial charge in [-0.05, 0) is 154 Å². The van der Waals surface area contributed by atoms with Crippen LogP contribution in [0, 0.1) is 50.7 Å². The van der Waals surface area contributed by atoms with Crippen LogP contribution in [0.4, 0.5) is 0 Å². The molecule has 0 radical (unpaired) electrons. The Morgan fingerprint density at radius 2 is 1.51 bits per heavy atom. The summed E-state index contributed by atoms with van der Waals surface area (Å²) >= 11 is 0. The fourth-order valence-corrected chi connectivity index (χ4v) is 13.4. The largest absolute Gasteiger partial charge is 0.478 e. The van der Waals surface area contributed by atoms with Crippen LogP contribution in [0.15, 0.2) is 30.3 Å². The molecule has 5 nitrogen and oxygen atoms in total. The first-order valence-electron chi connectivity index (χ1n) is 19.1. The van der Waals surface area contributed by atoms with Gasteiger partial charge in [0.1, 0.15) is 0 Å². The molecule has 6 rings (SSSR count). The highest BCUT2D eigenvalue weighted by Crippen LogP contribution is 2.77. The maximum atomic E-state index is 14.2. The molecule has 0 spiro atoms. The van der Waals surface area contributed by atoms with Crippen LogP contribution < -0.4 is 5.32 Å². The molecule has 0 bridgehead atoms. The molecule has 5 heteroatoms. The average Bonchev–Trinajstić information content (AvgIpc) is 3.44. The molecule has 1 aromatic rings. The van der Waals surface area contributed by atoms with E-state index in [1.54, 1.807) is 12.1 Å². The second kappa shape index (κ2) is 12.0. The molecular formula is C42H64N2O3. The summed E-state index contributed by atoms with van der Waals surface area (Å²) in [5.41, 5.74) is 3.53. The Labute approximate surface area is 285 Å². The summed E-state index contributed by atoms with van der Waals surface area (Å²) in [5, 5.41) is 12.9. The van der Waals surface area contributed by atoms with Gasteiger partial charge in [0.05, 0.1) is 11.0 Å². The maximum absolute atomic E-state index is 14.2. The molecule has 8 atom stereocenters. The highest BCUT2D eigenvalue weighted by molar-refractivity contribution is 5.88. The molecular weight excluding hydrogens is 580 g/mol. The number of hydrogen-bond acceptors (Lipinski definition) is 3. The monoisotopic (exact) mass is 644 g/mol. The molecule has 4 saturated carbocycles. The Hall–Kier alpha value is -2.14. The number of amides is 1. The molecule has 47 heavy (non-hydrogen) atoms. The van der Waals surface area contributed by atoms with Crippen LogP contribution in [0.25, 0.3) is 5.57 Å². The van der Waals surface area contributed by atoms with Gasteiger partial charge in [-0.15, -0.1) is 0 Å². The van der Waals surface area contributed by atoms with E-state index in [9.17, 15) is 14.7 Å². The van der Waals surface area contributed by atoms with Gasteiger partial charge >= 0.3 is 5.97 Å². The Kier molecular flexibility index (Phi) is 8.88. The summed E-state index contributed by atoms with van der Waals surface area (Å²) in [6.45, 7) is 23.6.